The van der Waals surface area contributed by atoms with Crippen molar-refractivity contribution in [3.63, 3.8) is 0 Å². The minimum absolute atomic E-state index is 0.225. The van der Waals surface area contributed by atoms with Crippen molar-refractivity contribution < 1.29 is 8.78 Å². The Morgan fingerprint density at radius 1 is 1.24 bits per heavy atom. The topological polar surface area (TPSA) is 47.9 Å². The summed E-state index contributed by atoms with van der Waals surface area (Å²) in [6.45, 7) is 1.80. The largest absolute Gasteiger partial charge is 0.382 e. The van der Waals surface area contributed by atoms with Crippen molar-refractivity contribution >= 4 is 5.69 Å². The van der Waals surface area contributed by atoms with Crippen molar-refractivity contribution in [3.8, 4) is 6.07 Å². The minimum Gasteiger partial charge on any atom is -0.382 e. The highest BCUT2D eigenvalue weighted by Crippen LogP contribution is 2.20. The summed E-state index contributed by atoms with van der Waals surface area (Å²) in [4.78, 5) is 0. The van der Waals surface area contributed by atoms with Gasteiger partial charge < -0.3 is 10.6 Å². The molecule has 3 nitrogen and oxygen atoms in total. The van der Waals surface area contributed by atoms with Gasteiger partial charge in [0.1, 0.15) is 23.3 Å². The number of hydrogen-bond donors (Lipinski definition) is 2. The highest BCUT2D eigenvalue weighted by Gasteiger charge is 2.15. The average Bonchev–Trinajstić information content (AvgIpc) is 2.30. The maximum atomic E-state index is 13.4. The molecule has 0 unspecified atom stereocenters. The zero-order chi connectivity index (χ0) is 12.3. The zero-order valence-corrected chi connectivity index (χ0v) is 9.26. The van der Waals surface area contributed by atoms with Crippen LogP contribution in [0.4, 0.5) is 14.5 Å². The van der Waals surface area contributed by atoms with E-state index >= 15 is 0 Å². The fourth-order valence-electron chi connectivity index (χ4n) is 1.97. The number of halogens is 2. The van der Waals surface area contributed by atoms with E-state index in [1.54, 1.807) is 0 Å². The number of nitrogens with one attached hydrogen (secondary N) is 2. The Balaban J connectivity index is 2.14. The van der Waals surface area contributed by atoms with Crippen LogP contribution in [0.2, 0.25) is 0 Å². The van der Waals surface area contributed by atoms with E-state index in [9.17, 15) is 8.78 Å². The van der Waals surface area contributed by atoms with E-state index in [4.69, 9.17) is 5.26 Å². The van der Waals surface area contributed by atoms with Crippen LogP contribution in [0.1, 0.15) is 18.4 Å². The molecule has 0 bridgehead atoms. The lowest BCUT2D eigenvalue weighted by Gasteiger charge is -2.24. The Morgan fingerprint density at radius 3 is 2.35 bits per heavy atom. The lowest BCUT2D eigenvalue weighted by molar-refractivity contribution is 0.478. The van der Waals surface area contributed by atoms with Crippen molar-refractivity contribution in [2.75, 3.05) is 18.4 Å². The highest BCUT2D eigenvalue weighted by molar-refractivity contribution is 5.49. The number of anilines is 1. The molecule has 1 aromatic carbocycles. The number of hydrogen-bond acceptors (Lipinski definition) is 3. The van der Waals surface area contributed by atoms with E-state index in [0.29, 0.717) is 5.69 Å². The third-order valence-corrected chi connectivity index (χ3v) is 2.86. The number of rotatable bonds is 2. The van der Waals surface area contributed by atoms with Gasteiger partial charge in [-0.1, -0.05) is 0 Å². The predicted octanol–water partition coefficient (Wildman–Crippen LogP) is 2.00. The van der Waals surface area contributed by atoms with Gasteiger partial charge in [0.15, 0.2) is 0 Å². The van der Waals surface area contributed by atoms with Gasteiger partial charge in [-0.15, -0.1) is 0 Å². The smallest absolute Gasteiger partial charge is 0.146 e. The van der Waals surface area contributed by atoms with Crippen LogP contribution in [0.3, 0.4) is 0 Å². The molecule has 0 atom stereocenters. The first-order valence-electron chi connectivity index (χ1n) is 5.57. The summed E-state index contributed by atoms with van der Waals surface area (Å²) in [5.41, 5.74) is -0.133. The van der Waals surface area contributed by atoms with E-state index < -0.39 is 17.2 Å². The van der Waals surface area contributed by atoms with E-state index in [-0.39, 0.29) is 6.04 Å². The summed E-state index contributed by atoms with van der Waals surface area (Å²) >= 11 is 0. The molecule has 0 saturated carbocycles. The molecule has 0 aromatic heterocycles. The molecule has 1 aliphatic heterocycles. The van der Waals surface area contributed by atoms with Gasteiger partial charge >= 0.3 is 0 Å². The Morgan fingerprint density at radius 2 is 1.82 bits per heavy atom. The number of piperidine rings is 1. The summed E-state index contributed by atoms with van der Waals surface area (Å²) in [5, 5.41) is 14.8. The van der Waals surface area contributed by atoms with E-state index in [1.165, 1.54) is 18.2 Å². The van der Waals surface area contributed by atoms with Gasteiger partial charge in [0.05, 0.1) is 0 Å². The van der Waals surface area contributed by atoms with Crippen LogP contribution in [-0.4, -0.2) is 19.1 Å². The second-order valence-corrected chi connectivity index (χ2v) is 4.10. The Bertz CT molecular complexity index is 425. The molecule has 0 spiro atoms. The van der Waals surface area contributed by atoms with Crippen molar-refractivity contribution in [1.82, 2.24) is 5.32 Å². The predicted molar refractivity (Wildman–Crippen MR) is 60.6 cm³/mol. The van der Waals surface area contributed by atoms with E-state index in [0.717, 1.165) is 25.9 Å². The maximum absolute atomic E-state index is 13.4. The van der Waals surface area contributed by atoms with Gasteiger partial charge in [-0.25, -0.2) is 8.78 Å². The van der Waals surface area contributed by atoms with Crippen LogP contribution in [0.5, 0.6) is 0 Å². The van der Waals surface area contributed by atoms with Crippen LogP contribution in [-0.2, 0) is 0 Å². The third kappa shape index (κ3) is 2.71. The second kappa shape index (κ2) is 5.11. The monoisotopic (exact) mass is 237 g/mol. The summed E-state index contributed by atoms with van der Waals surface area (Å²) in [6, 6.07) is 4.07. The SMILES string of the molecule is N#Cc1c(F)cc(NC2CCNCC2)cc1F. The van der Waals surface area contributed by atoms with Gasteiger partial charge in [0.2, 0.25) is 0 Å². The first-order chi connectivity index (χ1) is 8.20. The fraction of sp³-hybridized carbons (Fsp3) is 0.417. The molecule has 1 saturated heterocycles. The molecule has 5 heteroatoms. The lowest BCUT2D eigenvalue weighted by atomic mass is 10.1. The minimum atomic E-state index is -0.816. The van der Waals surface area contributed by atoms with Gasteiger partial charge in [0, 0.05) is 11.7 Å². The van der Waals surface area contributed by atoms with Crippen molar-refractivity contribution in [3.05, 3.63) is 29.3 Å². The van der Waals surface area contributed by atoms with Gasteiger partial charge in [-0.05, 0) is 38.1 Å². The number of nitrogens with zero attached hydrogens (tertiary/aromatic N) is 1. The van der Waals surface area contributed by atoms with E-state index in [1.807, 2.05) is 0 Å². The van der Waals surface area contributed by atoms with Crippen LogP contribution in [0.15, 0.2) is 12.1 Å². The van der Waals surface area contributed by atoms with Crippen LogP contribution in [0.25, 0.3) is 0 Å². The molecule has 1 fully saturated rings. The Labute approximate surface area is 98.4 Å². The fourth-order valence-corrected chi connectivity index (χ4v) is 1.97. The molecule has 0 aliphatic carbocycles. The molecular formula is C12H13F2N3. The Kier molecular flexibility index (Phi) is 3.55. The molecule has 17 heavy (non-hydrogen) atoms. The number of nitriles is 1. The standard InChI is InChI=1S/C12H13F2N3/c13-11-5-9(6-12(14)10(11)7-15)17-8-1-3-16-4-2-8/h5-6,8,16-17H,1-4H2. The Hall–Kier alpha value is -1.67. The first kappa shape index (κ1) is 11.8. The van der Waals surface area contributed by atoms with Crippen LogP contribution < -0.4 is 10.6 Å². The molecule has 2 rings (SSSR count). The van der Waals surface area contributed by atoms with E-state index in [2.05, 4.69) is 10.6 Å². The number of benzene rings is 1. The quantitative estimate of drug-likeness (QED) is 0.827. The van der Waals surface area contributed by atoms with Gasteiger partial charge in [0.25, 0.3) is 0 Å². The summed E-state index contributed by atoms with van der Waals surface area (Å²) < 4.78 is 26.7. The molecule has 90 valence electrons. The molecule has 0 amide bonds. The molecular weight excluding hydrogens is 224 g/mol. The maximum Gasteiger partial charge on any atom is 0.146 e. The van der Waals surface area contributed by atoms with Gasteiger partial charge in [-0.3, -0.25) is 0 Å². The molecule has 2 N–H and O–H groups in total. The van der Waals surface area contributed by atoms with Gasteiger partial charge in [-0.2, -0.15) is 5.26 Å². The summed E-state index contributed by atoms with van der Waals surface area (Å²) in [7, 11) is 0. The lowest BCUT2D eigenvalue weighted by Crippen LogP contribution is -2.35. The van der Waals surface area contributed by atoms with Crippen LogP contribution >= 0.6 is 0 Å². The van der Waals surface area contributed by atoms with Crippen molar-refractivity contribution in [2.24, 2.45) is 0 Å². The highest BCUT2D eigenvalue weighted by atomic mass is 19.1. The molecule has 0 radical (unpaired) electrons. The normalized spacial score (nSPS) is 16.5. The first-order valence-corrected chi connectivity index (χ1v) is 5.57. The average molecular weight is 237 g/mol. The second-order valence-electron chi connectivity index (χ2n) is 4.10. The molecule has 1 aromatic rings. The van der Waals surface area contributed by atoms with Crippen molar-refractivity contribution in [1.29, 1.82) is 5.26 Å². The third-order valence-electron chi connectivity index (χ3n) is 2.86. The summed E-state index contributed by atoms with van der Waals surface area (Å²) in [6.07, 6.45) is 1.84. The van der Waals surface area contributed by atoms with Crippen molar-refractivity contribution in [2.45, 2.75) is 18.9 Å². The summed E-state index contributed by atoms with van der Waals surface area (Å²) in [5.74, 6) is -1.63. The molecule has 1 heterocycles. The van der Waals surface area contributed by atoms with Crippen LogP contribution in [0, 0.1) is 23.0 Å². The molecule has 1 aliphatic rings. The zero-order valence-electron chi connectivity index (χ0n) is 9.26.